The first-order valence-corrected chi connectivity index (χ1v) is 6.04. The molecule has 3 heteroatoms. The second-order valence-corrected chi connectivity index (χ2v) is 4.90. The Kier molecular flexibility index (Phi) is 3.20. The van der Waals surface area contributed by atoms with Crippen molar-refractivity contribution in [2.24, 2.45) is 5.41 Å². The lowest BCUT2D eigenvalue weighted by Gasteiger charge is -2.39. The summed E-state index contributed by atoms with van der Waals surface area (Å²) in [6.45, 7) is 7.18. The van der Waals surface area contributed by atoms with E-state index in [0.29, 0.717) is 13.2 Å². The van der Waals surface area contributed by atoms with Crippen molar-refractivity contribution >= 4 is 11.6 Å². The van der Waals surface area contributed by atoms with E-state index in [4.69, 9.17) is 4.74 Å². The van der Waals surface area contributed by atoms with E-state index in [0.717, 1.165) is 17.7 Å². The summed E-state index contributed by atoms with van der Waals surface area (Å²) in [6, 6.07) is 6.05. The summed E-state index contributed by atoms with van der Waals surface area (Å²) in [5, 5.41) is 3.01. The number of amides is 1. The molecule has 1 aromatic rings. The first-order valence-electron chi connectivity index (χ1n) is 6.04. The highest BCUT2D eigenvalue weighted by atomic mass is 16.5. The van der Waals surface area contributed by atoms with Crippen LogP contribution >= 0.6 is 0 Å². The molecule has 0 spiro atoms. The molecule has 1 aliphatic rings. The van der Waals surface area contributed by atoms with E-state index < -0.39 is 0 Å². The van der Waals surface area contributed by atoms with Crippen LogP contribution in [0.4, 0.5) is 5.69 Å². The van der Waals surface area contributed by atoms with E-state index in [1.54, 1.807) is 0 Å². The summed E-state index contributed by atoms with van der Waals surface area (Å²) < 4.78 is 5.18. The minimum absolute atomic E-state index is 0.0817. The third kappa shape index (κ3) is 2.20. The van der Waals surface area contributed by atoms with E-state index in [9.17, 15) is 4.79 Å². The fourth-order valence-corrected chi connectivity index (χ4v) is 2.05. The zero-order valence-electron chi connectivity index (χ0n) is 10.7. The summed E-state index contributed by atoms with van der Waals surface area (Å²) in [6.07, 6.45) is 0.823. The predicted molar refractivity (Wildman–Crippen MR) is 68.1 cm³/mol. The molecule has 0 unspecified atom stereocenters. The largest absolute Gasteiger partial charge is 0.379 e. The SMILES string of the molecule is CCC1(C(=O)Nc2ccc(C)cc2C)COC1. The van der Waals surface area contributed by atoms with Gasteiger partial charge in [0, 0.05) is 5.69 Å². The Balaban J connectivity index is 2.13. The van der Waals surface area contributed by atoms with Gasteiger partial charge < -0.3 is 10.1 Å². The summed E-state index contributed by atoms with van der Waals surface area (Å²) in [5.74, 6) is 0.0817. The molecule has 0 atom stereocenters. The molecule has 0 radical (unpaired) electrons. The molecular formula is C14H19NO2. The number of benzene rings is 1. The zero-order chi connectivity index (χ0) is 12.5. The number of carbonyl (C=O) groups is 1. The van der Waals surface area contributed by atoms with Crippen LogP contribution < -0.4 is 5.32 Å². The fraction of sp³-hybridized carbons (Fsp3) is 0.500. The van der Waals surface area contributed by atoms with Gasteiger partial charge in [0.1, 0.15) is 0 Å². The first-order chi connectivity index (χ1) is 8.07. The number of aryl methyl sites for hydroxylation is 2. The monoisotopic (exact) mass is 233 g/mol. The van der Waals surface area contributed by atoms with E-state index >= 15 is 0 Å². The van der Waals surface area contributed by atoms with Crippen LogP contribution in [0.1, 0.15) is 24.5 Å². The number of hydrogen-bond acceptors (Lipinski definition) is 2. The van der Waals surface area contributed by atoms with Crippen LogP contribution in [0.25, 0.3) is 0 Å². The molecule has 0 aliphatic carbocycles. The van der Waals surface area contributed by atoms with Crippen LogP contribution in [-0.4, -0.2) is 19.1 Å². The molecule has 1 saturated heterocycles. The normalized spacial score (nSPS) is 17.4. The van der Waals surface area contributed by atoms with Crippen LogP contribution in [0.5, 0.6) is 0 Å². The zero-order valence-corrected chi connectivity index (χ0v) is 10.7. The van der Waals surface area contributed by atoms with Gasteiger partial charge in [-0.25, -0.2) is 0 Å². The molecule has 1 fully saturated rings. The van der Waals surface area contributed by atoms with Gasteiger partial charge in [0.2, 0.25) is 5.91 Å². The maximum Gasteiger partial charge on any atom is 0.235 e. The maximum atomic E-state index is 12.2. The molecule has 1 amide bonds. The molecule has 1 aliphatic heterocycles. The molecule has 1 N–H and O–H groups in total. The number of carbonyl (C=O) groups excluding carboxylic acids is 1. The quantitative estimate of drug-likeness (QED) is 0.871. The second kappa shape index (κ2) is 4.49. The molecular weight excluding hydrogens is 214 g/mol. The predicted octanol–water partition coefficient (Wildman–Crippen LogP) is 2.67. The molecule has 0 saturated carbocycles. The van der Waals surface area contributed by atoms with Crippen LogP contribution in [0.2, 0.25) is 0 Å². The van der Waals surface area contributed by atoms with Crippen LogP contribution in [-0.2, 0) is 9.53 Å². The lowest BCUT2D eigenvalue weighted by atomic mass is 9.82. The van der Waals surface area contributed by atoms with Crippen molar-refractivity contribution < 1.29 is 9.53 Å². The van der Waals surface area contributed by atoms with Crippen molar-refractivity contribution in [2.75, 3.05) is 18.5 Å². The van der Waals surface area contributed by atoms with Crippen LogP contribution in [0.3, 0.4) is 0 Å². The van der Waals surface area contributed by atoms with Gasteiger partial charge in [0.25, 0.3) is 0 Å². The lowest BCUT2D eigenvalue weighted by molar-refractivity contribution is -0.156. The Bertz CT molecular complexity index is 430. The van der Waals surface area contributed by atoms with Gasteiger partial charge >= 0.3 is 0 Å². The number of ether oxygens (including phenoxy) is 1. The average molecular weight is 233 g/mol. The van der Waals surface area contributed by atoms with Crippen molar-refractivity contribution in [3.8, 4) is 0 Å². The van der Waals surface area contributed by atoms with Gasteiger partial charge in [-0.15, -0.1) is 0 Å². The molecule has 92 valence electrons. The smallest absolute Gasteiger partial charge is 0.235 e. The van der Waals surface area contributed by atoms with E-state index in [1.165, 1.54) is 5.56 Å². The highest BCUT2D eigenvalue weighted by Crippen LogP contribution is 2.33. The molecule has 0 aromatic heterocycles. The highest BCUT2D eigenvalue weighted by Gasteiger charge is 2.44. The number of nitrogens with one attached hydrogen (secondary N) is 1. The third-order valence-electron chi connectivity index (χ3n) is 3.55. The van der Waals surface area contributed by atoms with Crippen molar-refractivity contribution in [1.29, 1.82) is 0 Å². The van der Waals surface area contributed by atoms with Crippen LogP contribution in [0, 0.1) is 19.3 Å². The van der Waals surface area contributed by atoms with E-state index in [-0.39, 0.29) is 11.3 Å². The summed E-state index contributed by atoms with van der Waals surface area (Å²) in [7, 11) is 0. The Hall–Kier alpha value is -1.35. The first kappa shape index (κ1) is 12.1. The lowest BCUT2D eigenvalue weighted by Crippen LogP contribution is -2.51. The topological polar surface area (TPSA) is 38.3 Å². The molecule has 2 rings (SSSR count). The van der Waals surface area contributed by atoms with Crippen molar-refractivity contribution in [3.63, 3.8) is 0 Å². The van der Waals surface area contributed by atoms with Gasteiger partial charge in [0.15, 0.2) is 0 Å². The van der Waals surface area contributed by atoms with E-state index in [1.807, 2.05) is 32.9 Å². The Labute approximate surface area is 102 Å². The van der Waals surface area contributed by atoms with Crippen molar-refractivity contribution in [2.45, 2.75) is 27.2 Å². The van der Waals surface area contributed by atoms with Crippen molar-refractivity contribution in [3.05, 3.63) is 29.3 Å². The molecule has 3 nitrogen and oxygen atoms in total. The van der Waals surface area contributed by atoms with Crippen molar-refractivity contribution in [1.82, 2.24) is 0 Å². The number of anilines is 1. The summed E-state index contributed by atoms with van der Waals surface area (Å²) in [5.41, 5.74) is 2.90. The van der Waals surface area contributed by atoms with E-state index in [2.05, 4.69) is 11.4 Å². The second-order valence-electron chi connectivity index (χ2n) is 4.90. The van der Waals surface area contributed by atoms with Gasteiger partial charge in [-0.1, -0.05) is 24.6 Å². The average Bonchev–Trinajstić information content (AvgIpc) is 2.21. The van der Waals surface area contributed by atoms with Gasteiger partial charge in [-0.05, 0) is 31.9 Å². The maximum absolute atomic E-state index is 12.2. The molecule has 1 aromatic carbocycles. The minimum atomic E-state index is -0.308. The third-order valence-corrected chi connectivity index (χ3v) is 3.55. The Morgan fingerprint density at radius 2 is 2.12 bits per heavy atom. The summed E-state index contributed by atoms with van der Waals surface area (Å²) in [4.78, 5) is 12.2. The molecule has 0 bridgehead atoms. The minimum Gasteiger partial charge on any atom is -0.379 e. The Morgan fingerprint density at radius 1 is 1.41 bits per heavy atom. The van der Waals surface area contributed by atoms with Gasteiger partial charge in [-0.2, -0.15) is 0 Å². The van der Waals surface area contributed by atoms with Gasteiger partial charge in [0.05, 0.1) is 18.6 Å². The Morgan fingerprint density at radius 3 is 2.59 bits per heavy atom. The fourth-order valence-electron chi connectivity index (χ4n) is 2.05. The number of hydrogen-bond donors (Lipinski definition) is 1. The van der Waals surface area contributed by atoms with Crippen LogP contribution in [0.15, 0.2) is 18.2 Å². The molecule has 1 heterocycles. The standard InChI is InChI=1S/C14H19NO2/c1-4-14(8-17-9-14)13(16)15-12-6-5-10(2)7-11(12)3/h5-7H,4,8-9H2,1-3H3,(H,15,16). The molecule has 17 heavy (non-hydrogen) atoms. The van der Waals surface area contributed by atoms with Gasteiger partial charge in [-0.3, -0.25) is 4.79 Å². The summed E-state index contributed by atoms with van der Waals surface area (Å²) >= 11 is 0. The highest BCUT2D eigenvalue weighted by molar-refractivity contribution is 5.96. The number of rotatable bonds is 3.